The summed E-state index contributed by atoms with van der Waals surface area (Å²) in [6.07, 6.45) is 0. The highest BCUT2D eigenvalue weighted by molar-refractivity contribution is 7.99. The first-order chi connectivity index (χ1) is 16.2. The van der Waals surface area contributed by atoms with Crippen molar-refractivity contribution in [3.05, 3.63) is 64.4 Å². The molecule has 0 aliphatic rings. The fourth-order valence-electron chi connectivity index (χ4n) is 3.30. The summed E-state index contributed by atoms with van der Waals surface area (Å²) in [6, 6.07) is 11.9. The minimum atomic E-state index is -0.355. The lowest BCUT2D eigenvalue weighted by atomic mass is 10.0. The number of rotatable bonds is 9. The van der Waals surface area contributed by atoms with Crippen LogP contribution in [0.25, 0.3) is 0 Å². The fraction of sp³-hybridized carbons (Fsp3) is 0.333. The van der Waals surface area contributed by atoms with Gasteiger partial charge < -0.3 is 19.9 Å². The van der Waals surface area contributed by atoms with Crippen LogP contribution in [0.2, 0.25) is 5.02 Å². The van der Waals surface area contributed by atoms with Crippen LogP contribution in [0.3, 0.4) is 0 Å². The molecule has 0 radical (unpaired) electrons. The molecule has 3 rings (SSSR count). The van der Waals surface area contributed by atoms with Gasteiger partial charge in [0.15, 0.2) is 11.0 Å². The van der Waals surface area contributed by atoms with Crippen LogP contribution in [0.1, 0.15) is 41.6 Å². The molecule has 1 atom stereocenters. The van der Waals surface area contributed by atoms with Crippen LogP contribution in [-0.4, -0.2) is 39.4 Å². The highest BCUT2D eigenvalue weighted by Crippen LogP contribution is 2.25. The SMILES string of the molecule is COc1ccc(C(=O)NC(c2nnc(SCC(=O)Nc3ccc(Cl)cc3C)n2C)C(C)C)cc1. The smallest absolute Gasteiger partial charge is 0.251 e. The first-order valence-corrected chi connectivity index (χ1v) is 12.1. The summed E-state index contributed by atoms with van der Waals surface area (Å²) in [5.41, 5.74) is 2.13. The summed E-state index contributed by atoms with van der Waals surface area (Å²) in [6.45, 7) is 5.89. The van der Waals surface area contributed by atoms with Gasteiger partial charge in [0.2, 0.25) is 5.91 Å². The number of nitrogens with one attached hydrogen (secondary N) is 2. The van der Waals surface area contributed by atoms with Gasteiger partial charge in [0.05, 0.1) is 18.9 Å². The number of aromatic nitrogens is 3. The zero-order valence-electron chi connectivity index (χ0n) is 19.8. The number of thioether (sulfide) groups is 1. The van der Waals surface area contributed by atoms with Gasteiger partial charge in [-0.25, -0.2) is 0 Å². The number of methoxy groups -OCH3 is 1. The first-order valence-electron chi connectivity index (χ1n) is 10.7. The zero-order valence-corrected chi connectivity index (χ0v) is 21.3. The molecule has 2 amide bonds. The van der Waals surface area contributed by atoms with Gasteiger partial charge in [-0.05, 0) is 60.9 Å². The van der Waals surface area contributed by atoms with E-state index < -0.39 is 0 Å². The topological polar surface area (TPSA) is 98.1 Å². The van der Waals surface area contributed by atoms with Gasteiger partial charge in [-0.2, -0.15) is 0 Å². The Labute approximate surface area is 208 Å². The molecule has 1 aromatic heterocycles. The molecule has 2 N–H and O–H groups in total. The van der Waals surface area contributed by atoms with Crippen LogP contribution in [0, 0.1) is 12.8 Å². The lowest BCUT2D eigenvalue weighted by Crippen LogP contribution is -2.33. The van der Waals surface area contributed by atoms with Crippen LogP contribution in [0.5, 0.6) is 5.75 Å². The number of carbonyl (C=O) groups excluding carboxylic acids is 2. The average molecular weight is 502 g/mol. The standard InChI is InChI=1S/C24H28ClN5O3S/c1-14(2)21(27-23(32)16-6-9-18(33-5)10-7-16)22-28-29-24(30(22)4)34-13-20(31)26-19-11-8-17(25)12-15(19)3/h6-12,14,21H,13H2,1-5H3,(H,26,31)(H,27,32). The summed E-state index contributed by atoms with van der Waals surface area (Å²) < 4.78 is 6.96. The van der Waals surface area contributed by atoms with E-state index in [-0.39, 0.29) is 29.5 Å². The Kier molecular flexibility index (Phi) is 8.57. The quantitative estimate of drug-likeness (QED) is 0.414. The lowest BCUT2D eigenvalue weighted by Gasteiger charge is -2.21. The van der Waals surface area contributed by atoms with E-state index in [1.807, 2.05) is 32.4 Å². The van der Waals surface area contributed by atoms with Crippen LogP contribution in [-0.2, 0) is 11.8 Å². The van der Waals surface area contributed by atoms with Crippen molar-refractivity contribution in [3.63, 3.8) is 0 Å². The number of benzene rings is 2. The van der Waals surface area contributed by atoms with E-state index in [0.29, 0.717) is 27.3 Å². The lowest BCUT2D eigenvalue weighted by molar-refractivity contribution is -0.113. The monoisotopic (exact) mass is 501 g/mol. The highest BCUT2D eigenvalue weighted by atomic mass is 35.5. The number of hydrogen-bond donors (Lipinski definition) is 2. The summed E-state index contributed by atoms with van der Waals surface area (Å²) in [4.78, 5) is 25.3. The van der Waals surface area contributed by atoms with Crippen molar-refractivity contribution in [2.45, 2.75) is 32.0 Å². The Balaban J connectivity index is 1.66. The van der Waals surface area contributed by atoms with Gasteiger partial charge >= 0.3 is 0 Å². The van der Waals surface area contributed by atoms with Crippen molar-refractivity contribution in [1.82, 2.24) is 20.1 Å². The van der Waals surface area contributed by atoms with E-state index in [2.05, 4.69) is 20.8 Å². The van der Waals surface area contributed by atoms with Gasteiger partial charge in [0.25, 0.3) is 5.91 Å². The van der Waals surface area contributed by atoms with Gasteiger partial charge in [-0.3, -0.25) is 9.59 Å². The maximum atomic E-state index is 12.8. The van der Waals surface area contributed by atoms with Crippen molar-refractivity contribution >= 4 is 40.9 Å². The molecule has 0 spiro atoms. The summed E-state index contributed by atoms with van der Waals surface area (Å²) >= 11 is 7.25. The number of nitrogens with zero attached hydrogens (tertiary/aromatic N) is 3. The summed E-state index contributed by atoms with van der Waals surface area (Å²) in [5.74, 6) is 1.16. The third kappa shape index (κ3) is 6.30. The Morgan fingerprint density at radius 1 is 1.15 bits per heavy atom. The fourth-order valence-corrected chi connectivity index (χ4v) is 4.25. The Morgan fingerprint density at radius 2 is 1.85 bits per heavy atom. The molecule has 8 nitrogen and oxygen atoms in total. The maximum absolute atomic E-state index is 12.8. The predicted molar refractivity (Wildman–Crippen MR) is 135 cm³/mol. The predicted octanol–water partition coefficient (Wildman–Crippen LogP) is 4.64. The third-order valence-corrected chi connectivity index (χ3v) is 6.50. The molecule has 0 saturated heterocycles. The molecule has 2 aromatic carbocycles. The molecule has 3 aromatic rings. The number of hydrogen-bond acceptors (Lipinski definition) is 6. The molecule has 180 valence electrons. The number of aryl methyl sites for hydroxylation is 1. The second-order valence-electron chi connectivity index (χ2n) is 8.12. The molecular formula is C24H28ClN5O3S. The molecule has 0 aliphatic carbocycles. The van der Waals surface area contributed by atoms with Crippen molar-refractivity contribution in [1.29, 1.82) is 0 Å². The molecule has 0 aliphatic heterocycles. The molecule has 1 unspecified atom stereocenters. The average Bonchev–Trinajstić information content (AvgIpc) is 3.17. The maximum Gasteiger partial charge on any atom is 0.251 e. The second-order valence-corrected chi connectivity index (χ2v) is 9.50. The van der Waals surface area contributed by atoms with Crippen LogP contribution < -0.4 is 15.4 Å². The number of amides is 2. The van der Waals surface area contributed by atoms with E-state index >= 15 is 0 Å². The van der Waals surface area contributed by atoms with E-state index in [0.717, 1.165) is 11.3 Å². The minimum absolute atomic E-state index is 0.0686. The minimum Gasteiger partial charge on any atom is -0.497 e. The van der Waals surface area contributed by atoms with Gasteiger partial charge in [0.1, 0.15) is 5.75 Å². The molecule has 0 bridgehead atoms. The van der Waals surface area contributed by atoms with Gasteiger partial charge in [-0.15, -0.1) is 10.2 Å². The largest absolute Gasteiger partial charge is 0.497 e. The highest BCUT2D eigenvalue weighted by Gasteiger charge is 2.25. The molecule has 0 saturated carbocycles. The molecule has 1 heterocycles. The Bertz CT molecular complexity index is 1160. The number of carbonyl (C=O) groups is 2. The van der Waals surface area contributed by atoms with Crippen molar-refractivity contribution in [3.8, 4) is 5.75 Å². The normalized spacial score (nSPS) is 11.9. The molecule has 10 heteroatoms. The van der Waals surface area contributed by atoms with Crippen molar-refractivity contribution in [2.75, 3.05) is 18.2 Å². The summed E-state index contributed by atoms with van der Waals surface area (Å²) in [7, 11) is 3.41. The molecule has 0 fully saturated rings. The van der Waals surface area contributed by atoms with Crippen LogP contribution >= 0.6 is 23.4 Å². The van der Waals surface area contributed by atoms with Crippen LogP contribution in [0.15, 0.2) is 47.6 Å². The summed E-state index contributed by atoms with van der Waals surface area (Å²) in [5, 5.41) is 15.7. The Hall–Kier alpha value is -3.04. The molecular weight excluding hydrogens is 474 g/mol. The van der Waals surface area contributed by atoms with E-state index in [1.54, 1.807) is 49.6 Å². The van der Waals surface area contributed by atoms with E-state index in [9.17, 15) is 9.59 Å². The van der Waals surface area contributed by atoms with Gasteiger partial charge in [-0.1, -0.05) is 37.2 Å². The van der Waals surface area contributed by atoms with Gasteiger partial charge in [0, 0.05) is 23.3 Å². The van der Waals surface area contributed by atoms with E-state index in [4.69, 9.17) is 16.3 Å². The third-order valence-electron chi connectivity index (χ3n) is 5.25. The molecule has 34 heavy (non-hydrogen) atoms. The van der Waals surface area contributed by atoms with E-state index in [1.165, 1.54) is 11.8 Å². The van der Waals surface area contributed by atoms with Crippen molar-refractivity contribution < 1.29 is 14.3 Å². The second kappa shape index (κ2) is 11.4. The van der Waals surface area contributed by atoms with Crippen LogP contribution in [0.4, 0.5) is 5.69 Å². The zero-order chi connectivity index (χ0) is 24.8. The number of anilines is 1. The number of halogens is 1. The van der Waals surface area contributed by atoms with Crippen molar-refractivity contribution in [2.24, 2.45) is 13.0 Å². The number of ether oxygens (including phenoxy) is 1. The first kappa shape index (κ1) is 25.6. The Morgan fingerprint density at radius 3 is 2.47 bits per heavy atom.